The number of fused-ring (bicyclic) bond motifs is 1. The molecule has 7 heteroatoms. The molecule has 4 rings (SSSR count). The summed E-state index contributed by atoms with van der Waals surface area (Å²) in [4.78, 5) is 12.2. The summed E-state index contributed by atoms with van der Waals surface area (Å²) in [6, 6.07) is 17.9. The molecule has 0 saturated heterocycles. The van der Waals surface area contributed by atoms with Gasteiger partial charge in [0.05, 0.1) is 18.8 Å². The summed E-state index contributed by atoms with van der Waals surface area (Å²) in [5.41, 5.74) is 7.97. The molecule has 0 aliphatic carbocycles. The number of hydrogen-bond acceptors (Lipinski definition) is 7. The van der Waals surface area contributed by atoms with Crippen molar-refractivity contribution in [3.63, 3.8) is 0 Å². The number of carbonyl (C=O) groups is 1. The van der Waals surface area contributed by atoms with Gasteiger partial charge in [-0.2, -0.15) is 5.26 Å². The van der Waals surface area contributed by atoms with Gasteiger partial charge in [0, 0.05) is 11.6 Å². The minimum absolute atomic E-state index is 0.0109. The molecule has 0 saturated carbocycles. The van der Waals surface area contributed by atoms with Crippen molar-refractivity contribution in [3.8, 4) is 23.3 Å². The van der Waals surface area contributed by atoms with Crippen LogP contribution in [0.3, 0.4) is 0 Å². The van der Waals surface area contributed by atoms with Crippen LogP contribution in [-0.2, 0) is 0 Å². The lowest BCUT2D eigenvalue weighted by molar-refractivity contribution is 0.0701. The van der Waals surface area contributed by atoms with Gasteiger partial charge in [0.2, 0.25) is 11.6 Å². The molecule has 1 aliphatic heterocycles. The van der Waals surface area contributed by atoms with Crippen molar-refractivity contribution >= 4 is 5.97 Å². The van der Waals surface area contributed by atoms with Crippen LogP contribution in [0.4, 0.5) is 0 Å². The van der Waals surface area contributed by atoms with E-state index in [1.807, 2.05) is 24.3 Å². The normalized spacial score (nSPS) is 14.8. The highest BCUT2D eigenvalue weighted by atomic mass is 16.5. The van der Waals surface area contributed by atoms with Gasteiger partial charge in [0.1, 0.15) is 28.9 Å². The van der Waals surface area contributed by atoms with Crippen LogP contribution >= 0.6 is 0 Å². The van der Waals surface area contributed by atoms with Crippen molar-refractivity contribution in [2.24, 2.45) is 5.73 Å². The third-order valence-corrected chi connectivity index (χ3v) is 5.08. The first kappa shape index (κ1) is 21.1. The Morgan fingerprint density at radius 3 is 2.78 bits per heavy atom. The number of unbranched alkanes of at least 4 members (excludes halogenated alkanes) is 1. The molecule has 1 unspecified atom stereocenters. The molecule has 1 atom stereocenters. The number of furan rings is 1. The van der Waals surface area contributed by atoms with Gasteiger partial charge in [-0.3, -0.25) is 0 Å². The van der Waals surface area contributed by atoms with Crippen LogP contribution < -0.4 is 19.9 Å². The number of benzene rings is 2. The molecule has 1 aliphatic rings. The maximum Gasteiger partial charge on any atom is 0.379 e. The second kappa shape index (κ2) is 9.31. The Kier molecular flexibility index (Phi) is 6.13. The van der Waals surface area contributed by atoms with Gasteiger partial charge in [0.15, 0.2) is 0 Å². The maximum absolute atomic E-state index is 12.2. The van der Waals surface area contributed by atoms with E-state index < -0.39 is 11.9 Å². The Hall–Kier alpha value is -4.18. The standard InChI is InChI=1S/C25H22N2O5/c1-2-3-11-29-17-7-4-6-16(13-17)23-19-10-9-18(31-25(28)21-8-5-12-30-21)14-22(19)32-24(27)20(23)15-26/h4-10,12-14,23H,2-3,11,27H2,1H3. The highest BCUT2D eigenvalue weighted by molar-refractivity contribution is 5.88. The molecule has 0 spiro atoms. The summed E-state index contributed by atoms with van der Waals surface area (Å²) in [5.74, 6) is 0.448. The van der Waals surface area contributed by atoms with E-state index in [1.54, 1.807) is 24.3 Å². The van der Waals surface area contributed by atoms with Gasteiger partial charge in [-0.25, -0.2) is 4.79 Å². The van der Waals surface area contributed by atoms with Crippen LogP contribution in [0.25, 0.3) is 0 Å². The second-order valence-electron chi connectivity index (χ2n) is 7.27. The molecule has 32 heavy (non-hydrogen) atoms. The third kappa shape index (κ3) is 4.30. The minimum Gasteiger partial charge on any atom is -0.494 e. The Morgan fingerprint density at radius 1 is 1.16 bits per heavy atom. The van der Waals surface area contributed by atoms with E-state index in [4.69, 9.17) is 24.4 Å². The maximum atomic E-state index is 12.2. The van der Waals surface area contributed by atoms with Crippen molar-refractivity contribution in [3.05, 3.63) is 89.2 Å². The van der Waals surface area contributed by atoms with Crippen molar-refractivity contribution in [2.45, 2.75) is 25.7 Å². The summed E-state index contributed by atoms with van der Waals surface area (Å²) < 4.78 is 22.0. The molecule has 7 nitrogen and oxygen atoms in total. The van der Waals surface area contributed by atoms with Gasteiger partial charge >= 0.3 is 5.97 Å². The topological polar surface area (TPSA) is 108 Å². The number of esters is 1. The second-order valence-corrected chi connectivity index (χ2v) is 7.27. The van der Waals surface area contributed by atoms with Gasteiger partial charge in [-0.15, -0.1) is 0 Å². The molecular formula is C25H22N2O5. The smallest absolute Gasteiger partial charge is 0.379 e. The van der Waals surface area contributed by atoms with Crippen LogP contribution in [0.15, 0.2) is 76.7 Å². The molecule has 3 aromatic rings. The summed E-state index contributed by atoms with van der Waals surface area (Å²) >= 11 is 0. The molecule has 0 bridgehead atoms. The van der Waals surface area contributed by atoms with Gasteiger partial charge in [0.25, 0.3) is 0 Å². The number of rotatable bonds is 7. The van der Waals surface area contributed by atoms with E-state index in [0.717, 1.165) is 29.7 Å². The Balaban J connectivity index is 1.66. The lowest BCUT2D eigenvalue weighted by atomic mass is 9.83. The minimum atomic E-state index is -0.625. The molecule has 162 valence electrons. The highest BCUT2D eigenvalue weighted by Crippen LogP contribution is 2.44. The Morgan fingerprint density at radius 2 is 2.03 bits per heavy atom. The highest BCUT2D eigenvalue weighted by Gasteiger charge is 2.31. The predicted octanol–water partition coefficient (Wildman–Crippen LogP) is 4.90. The van der Waals surface area contributed by atoms with Crippen LogP contribution in [0, 0.1) is 11.3 Å². The van der Waals surface area contributed by atoms with Gasteiger partial charge < -0.3 is 24.4 Å². The fourth-order valence-electron chi connectivity index (χ4n) is 3.51. The zero-order chi connectivity index (χ0) is 22.5. The SMILES string of the molecule is CCCCOc1cccc(C2C(C#N)=C(N)Oc3cc(OC(=O)c4ccco4)ccc32)c1. The quantitative estimate of drug-likeness (QED) is 0.323. The van der Waals surface area contributed by atoms with E-state index in [-0.39, 0.29) is 17.4 Å². The van der Waals surface area contributed by atoms with Crippen LogP contribution in [0.1, 0.15) is 47.4 Å². The average molecular weight is 430 g/mol. The van der Waals surface area contributed by atoms with E-state index in [2.05, 4.69) is 13.0 Å². The number of carbonyl (C=O) groups excluding carboxylic acids is 1. The number of nitriles is 1. The molecule has 0 radical (unpaired) electrons. The van der Waals surface area contributed by atoms with E-state index in [9.17, 15) is 10.1 Å². The van der Waals surface area contributed by atoms with Gasteiger partial charge in [-0.05, 0) is 42.3 Å². The number of ether oxygens (including phenoxy) is 3. The van der Waals surface area contributed by atoms with Crippen LogP contribution in [0.5, 0.6) is 17.2 Å². The molecule has 1 aromatic heterocycles. The summed E-state index contributed by atoms with van der Waals surface area (Å²) in [6.45, 7) is 2.73. The number of hydrogen-bond donors (Lipinski definition) is 1. The third-order valence-electron chi connectivity index (χ3n) is 5.08. The molecule has 0 fully saturated rings. The molecule has 2 aromatic carbocycles. The summed E-state index contributed by atoms with van der Waals surface area (Å²) in [6.07, 6.45) is 3.39. The largest absolute Gasteiger partial charge is 0.494 e. The average Bonchev–Trinajstić information content (AvgIpc) is 3.34. The zero-order valence-electron chi connectivity index (χ0n) is 17.5. The first-order chi connectivity index (χ1) is 15.6. The predicted molar refractivity (Wildman–Crippen MR) is 116 cm³/mol. The van der Waals surface area contributed by atoms with E-state index >= 15 is 0 Å². The number of nitrogens with two attached hydrogens (primary N) is 1. The first-order valence-corrected chi connectivity index (χ1v) is 10.3. The number of nitrogens with zero attached hydrogens (tertiary/aromatic N) is 1. The van der Waals surface area contributed by atoms with Crippen molar-refractivity contribution in [1.29, 1.82) is 5.26 Å². The number of allylic oxidation sites excluding steroid dienone is 1. The van der Waals surface area contributed by atoms with E-state index in [1.165, 1.54) is 12.3 Å². The van der Waals surface area contributed by atoms with Crippen LogP contribution in [-0.4, -0.2) is 12.6 Å². The molecule has 0 amide bonds. The summed E-state index contributed by atoms with van der Waals surface area (Å²) in [7, 11) is 0. The molecular weight excluding hydrogens is 408 g/mol. The van der Waals surface area contributed by atoms with Crippen LogP contribution in [0.2, 0.25) is 0 Å². The molecule has 2 N–H and O–H groups in total. The fourth-order valence-corrected chi connectivity index (χ4v) is 3.51. The fraction of sp³-hybridized carbons (Fsp3) is 0.200. The van der Waals surface area contributed by atoms with E-state index in [0.29, 0.717) is 17.9 Å². The van der Waals surface area contributed by atoms with Crippen molar-refractivity contribution in [2.75, 3.05) is 6.61 Å². The summed E-state index contributed by atoms with van der Waals surface area (Å²) in [5, 5.41) is 9.76. The monoisotopic (exact) mass is 430 g/mol. The van der Waals surface area contributed by atoms with Gasteiger partial charge in [-0.1, -0.05) is 31.5 Å². The van der Waals surface area contributed by atoms with Crippen molar-refractivity contribution in [1.82, 2.24) is 0 Å². The zero-order valence-corrected chi connectivity index (χ0v) is 17.5. The first-order valence-electron chi connectivity index (χ1n) is 10.3. The van der Waals surface area contributed by atoms with Crippen molar-refractivity contribution < 1.29 is 23.4 Å². The lowest BCUT2D eigenvalue weighted by Gasteiger charge is -2.27. The molecule has 2 heterocycles. The Labute approximate surface area is 185 Å². The Bertz CT molecular complexity index is 1190. The lowest BCUT2D eigenvalue weighted by Crippen LogP contribution is -2.21.